The molecule has 1 saturated carbocycles. The van der Waals surface area contributed by atoms with E-state index in [1.807, 2.05) is 28.8 Å². The molecule has 3 aromatic rings. The van der Waals surface area contributed by atoms with E-state index < -0.39 is 0 Å². The summed E-state index contributed by atoms with van der Waals surface area (Å²) in [5, 5.41) is 19.2. The first-order chi connectivity index (χ1) is 14.9. The molecule has 0 amide bonds. The second kappa shape index (κ2) is 9.32. The molecular formula is C24H29N3O3S. The van der Waals surface area contributed by atoms with Gasteiger partial charge >= 0.3 is 0 Å². The minimum Gasteiger partial charge on any atom is -0.508 e. The summed E-state index contributed by atoms with van der Waals surface area (Å²) in [6, 6.07) is 13.7. The van der Waals surface area contributed by atoms with Crippen LogP contribution in [-0.4, -0.2) is 39.2 Å². The van der Waals surface area contributed by atoms with Crippen LogP contribution in [0.3, 0.4) is 0 Å². The normalized spacial score (nSPS) is 18.6. The number of ether oxygens (including phenoxy) is 2. The highest BCUT2D eigenvalue weighted by Gasteiger charge is 2.25. The van der Waals surface area contributed by atoms with Gasteiger partial charge in [0.05, 0.1) is 12.6 Å². The van der Waals surface area contributed by atoms with Crippen molar-refractivity contribution in [1.29, 1.82) is 0 Å². The zero-order chi connectivity index (χ0) is 22.0. The summed E-state index contributed by atoms with van der Waals surface area (Å²) < 4.78 is 13.5. The quantitative estimate of drug-likeness (QED) is 0.504. The lowest BCUT2D eigenvalue weighted by Gasteiger charge is -2.15. The summed E-state index contributed by atoms with van der Waals surface area (Å²) >= 11 is 4.50. The standard InChI is InChI=1S/C24H29N3O3S/c1-15(2)21-12-17(6-11-22(21)28)23-25-26-24(31)27(23)14-16-4-7-18(8-5-16)30-20-10-9-19(13-20)29-3/h4-8,11-12,15,19-20,28H,9-10,13-14H2,1-3H3,(H,26,31). The van der Waals surface area contributed by atoms with Gasteiger partial charge in [0.2, 0.25) is 0 Å². The van der Waals surface area contributed by atoms with Gasteiger partial charge in [-0.15, -0.1) is 22.8 Å². The molecule has 1 aromatic heterocycles. The Hall–Kier alpha value is -2.51. The van der Waals surface area contributed by atoms with E-state index in [0.717, 1.165) is 47.5 Å². The molecule has 0 saturated heterocycles. The third-order valence-corrected chi connectivity index (χ3v) is 6.21. The molecule has 1 N–H and O–H groups in total. The summed E-state index contributed by atoms with van der Waals surface area (Å²) in [6.07, 6.45) is 3.54. The van der Waals surface area contributed by atoms with Crippen LogP contribution in [0.25, 0.3) is 11.4 Å². The van der Waals surface area contributed by atoms with E-state index >= 15 is 0 Å². The summed E-state index contributed by atoms with van der Waals surface area (Å²) in [6.45, 7) is 4.70. The first kappa shape index (κ1) is 21.7. The fraction of sp³-hybridized carbons (Fsp3) is 0.417. The van der Waals surface area contributed by atoms with Gasteiger partial charge in [0.1, 0.15) is 17.6 Å². The van der Waals surface area contributed by atoms with Gasteiger partial charge in [0.15, 0.2) is 11.0 Å². The van der Waals surface area contributed by atoms with Gasteiger partial charge in [-0.2, -0.15) is 0 Å². The second-order valence-electron chi connectivity index (χ2n) is 8.39. The predicted molar refractivity (Wildman–Crippen MR) is 123 cm³/mol. The average molecular weight is 440 g/mol. The second-order valence-corrected chi connectivity index (χ2v) is 8.79. The minimum absolute atomic E-state index is 0.207. The number of rotatable bonds is 7. The molecule has 4 rings (SSSR count). The van der Waals surface area contributed by atoms with E-state index in [1.165, 1.54) is 0 Å². The topological polar surface area (TPSA) is 69.4 Å². The van der Waals surface area contributed by atoms with Gasteiger partial charge in [-0.05, 0) is 60.2 Å². The maximum atomic E-state index is 10.1. The lowest BCUT2D eigenvalue weighted by molar-refractivity contribution is 0.0947. The highest BCUT2D eigenvalue weighted by molar-refractivity contribution is 7.80. The highest BCUT2D eigenvalue weighted by atomic mass is 32.1. The zero-order valence-electron chi connectivity index (χ0n) is 18.2. The van der Waals surface area contributed by atoms with Crippen molar-refractivity contribution in [3.8, 4) is 22.9 Å². The largest absolute Gasteiger partial charge is 0.508 e. The van der Waals surface area contributed by atoms with Crippen molar-refractivity contribution in [3.05, 3.63) is 53.6 Å². The SMILES string of the molecule is COC1CCC(Oc2ccc(Cn3c(S)nnc3-c3ccc(O)c(C(C)C)c3)cc2)C1. The van der Waals surface area contributed by atoms with Crippen molar-refractivity contribution in [3.63, 3.8) is 0 Å². The number of aromatic nitrogens is 3. The number of hydrogen-bond acceptors (Lipinski definition) is 6. The fourth-order valence-electron chi connectivity index (χ4n) is 4.08. The van der Waals surface area contributed by atoms with Crippen molar-refractivity contribution in [2.24, 2.45) is 0 Å². The molecule has 0 bridgehead atoms. The van der Waals surface area contributed by atoms with Crippen molar-refractivity contribution in [2.45, 2.75) is 62.9 Å². The van der Waals surface area contributed by atoms with Crippen LogP contribution >= 0.6 is 12.6 Å². The monoisotopic (exact) mass is 439 g/mol. The number of aromatic hydroxyl groups is 1. The van der Waals surface area contributed by atoms with E-state index in [9.17, 15) is 5.11 Å². The zero-order valence-corrected chi connectivity index (χ0v) is 19.0. The van der Waals surface area contributed by atoms with Gasteiger partial charge in [-0.1, -0.05) is 26.0 Å². The van der Waals surface area contributed by atoms with Crippen LogP contribution in [0.2, 0.25) is 0 Å². The summed E-state index contributed by atoms with van der Waals surface area (Å²) in [7, 11) is 1.76. The maximum Gasteiger partial charge on any atom is 0.188 e. The van der Waals surface area contributed by atoms with Crippen LogP contribution < -0.4 is 4.74 Å². The third kappa shape index (κ3) is 4.88. The molecule has 1 aliphatic carbocycles. The van der Waals surface area contributed by atoms with Gasteiger partial charge in [-0.3, -0.25) is 4.57 Å². The van der Waals surface area contributed by atoms with Crippen molar-refractivity contribution in [1.82, 2.24) is 14.8 Å². The Morgan fingerprint density at radius 1 is 1.10 bits per heavy atom. The van der Waals surface area contributed by atoms with Crippen LogP contribution in [-0.2, 0) is 11.3 Å². The number of thiol groups is 1. The molecule has 1 aliphatic rings. The molecule has 6 nitrogen and oxygen atoms in total. The Bertz CT molecular complexity index is 1030. The molecule has 7 heteroatoms. The molecule has 0 radical (unpaired) electrons. The Morgan fingerprint density at radius 2 is 1.84 bits per heavy atom. The Kier molecular flexibility index (Phi) is 6.53. The average Bonchev–Trinajstić information content (AvgIpc) is 3.36. The molecular weight excluding hydrogens is 410 g/mol. The van der Waals surface area contributed by atoms with E-state index in [2.05, 4.69) is 48.8 Å². The summed E-state index contributed by atoms with van der Waals surface area (Å²) in [4.78, 5) is 0. The lowest BCUT2D eigenvalue weighted by atomic mass is 9.99. The lowest BCUT2D eigenvalue weighted by Crippen LogP contribution is -2.14. The van der Waals surface area contributed by atoms with Crippen LogP contribution in [0, 0.1) is 0 Å². The molecule has 31 heavy (non-hydrogen) atoms. The van der Waals surface area contributed by atoms with Crippen LogP contribution in [0.1, 0.15) is 50.2 Å². The number of phenols is 1. The van der Waals surface area contributed by atoms with Crippen molar-refractivity contribution >= 4 is 12.6 Å². The minimum atomic E-state index is 0.207. The third-order valence-electron chi connectivity index (χ3n) is 5.88. The Balaban J connectivity index is 1.50. The molecule has 2 atom stereocenters. The maximum absolute atomic E-state index is 10.1. The Labute approximate surface area is 188 Å². The van der Waals surface area contributed by atoms with Crippen LogP contribution in [0.4, 0.5) is 0 Å². The molecule has 1 fully saturated rings. The highest BCUT2D eigenvalue weighted by Crippen LogP contribution is 2.31. The van der Waals surface area contributed by atoms with E-state index in [1.54, 1.807) is 13.2 Å². The van der Waals surface area contributed by atoms with Gasteiger partial charge < -0.3 is 14.6 Å². The number of benzene rings is 2. The molecule has 1 heterocycles. The number of methoxy groups -OCH3 is 1. The van der Waals surface area contributed by atoms with Crippen LogP contribution in [0.5, 0.6) is 11.5 Å². The summed E-state index contributed by atoms with van der Waals surface area (Å²) in [5.41, 5.74) is 2.90. The Morgan fingerprint density at radius 3 is 2.52 bits per heavy atom. The molecule has 0 aliphatic heterocycles. The van der Waals surface area contributed by atoms with E-state index in [4.69, 9.17) is 9.47 Å². The van der Waals surface area contributed by atoms with Crippen LogP contribution in [0.15, 0.2) is 47.6 Å². The van der Waals surface area contributed by atoms with Gasteiger partial charge in [0.25, 0.3) is 0 Å². The van der Waals surface area contributed by atoms with E-state index in [-0.39, 0.29) is 12.0 Å². The molecule has 0 spiro atoms. The number of hydrogen-bond donors (Lipinski definition) is 2. The first-order valence-electron chi connectivity index (χ1n) is 10.7. The molecule has 164 valence electrons. The van der Waals surface area contributed by atoms with Gasteiger partial charge in [0, 0.05) is 19.1 Å². The van der Waals surface area contributed by atoms with Crippen molar-refractivity contribution in [2.75, 3.05) is 7.11 Å². The number of phenolic OH excluding ortho intramolecular Hbond substituents is 1. The predicted octanol–water partition coefficient (Wildman–Crippen LogP) is 5.06. The fourth-order valence-corrected chi connectivity index (χ4v) is 4.29. The smallest absolute Gasteiger partial charge is 0.188 e. The first-order valence-corrected chi connectivity index (χ1v) is 11.1. The summed E-state index contributed by atoms with van der Waals surface area (Å²) in [5.74, 6) is 2.11. The number of nitrogens with zero attached hydrogens (tertiary/aromatic N) is 3. The molecule has 2 unspecified atom stereocenters. The molecule has 2 aromatic carbocycles. The van der Waals surface area contributed by atoms with Crippen molar-refractivity contribution < 1.29 is 14.6 Å². The van der Waals surface area contributed by atoms with E-state index in [0.29, 0.717) is 23.6 Å². The van der Waals surface area contributed by atoms with Gasteiger partial charge in [-0.25, -0.2) is 0 Å².